The average Bonchev–Trinajstić information content (AvgIpc) is 2.77. The van der Waals surface area contributed by atoms with E-state index in [0.29, 0.717) is 11.5 Å². The second kappa shape index (κ2) is 8.81. The lowest BCUT2D eigenvalue weighted by Crippen LogP contribution is -2.25. The molecule has 2 heteroatoms. The molecule has 29 heavy (non-hydrogen) atoms. The number of allylic oxidation sites excluding steroid dienone is 1. The van der Waals surface area contributed by atoms with Gasteiger partial charge in [0.15, 0.2) is 0 Å². The molecule has 0 atom stereocenters. The van der Waals surface area contributed by atoms with Crippen LogP contribution in [0, 0.1) is 36.3 Å². The van der Waals surface area contributed by atoms with E-state index >= 15 is 0 Å². The van der Waals surface area contributed by atoms with Crippen LogP contribution in [0.3, 0.4) is 0 Å². The third kappa shape index (κ3) is 4.47. The van der Waals surface area contributed by atoms with Crippen LogP contribution in [0.1, 0.15) is 68.4 Å². The highest BCUT2D eigenvalue weighted by Crippen LogP contribution is 2.44. The maximum Gasteiger partial charge on any atom is 0.129 e. The largest absolute Gasteiger partial charge is 0.207 e. The Labute approximate surface area is 174 Å². The molecule has 0 heterocycles. The molecule has 2 aromatic carbocycles. The van der Waals surface area contributed by atoms with Crippen LogP contribution in [0.25, 0.3) is 11.1 Å². The van der Waals surface area contributed by atoms with Gasteiger partial charge in [0.05, 0.1) is 0 Å². The Morgan fingerprint density at radius 1 is 0.759 bits per heavy atom. The minimum absolute atomic E-state index is 0.0834. The van der Waals surface area contributed by atoms with Gasteiger partial charge in [-0.25, -0.2) is 8.78 Å². The van der Waals surface area contributed by atoms with Crippen LogP contribution < -0.4 is 0 Å². The summed E-state index contributed by atoms with van der Waals surface area (Å²) in [5, 5.41) is 0. The second-order valence-corrected chi connectivity index (χ2v) is 9.21. The first-order valence-corrected chi connectivity index (χ1v) is 11.2. The van der Waals surface area contributed by atoms with Crippen LogP contribution in [0.5, 0.6) is 0 Å². The zero-order valence-electron chi connectivity index (χ0n) is 17.5. The van der Waals surface area contributed by atoms with Gasteiger partial charge in [-0.1, -0.05) is 30.3 Å². The monoisotopic (exact) mass is 394 g/mol. The van der Waals surface area contributed by atoms with Crippen molar-refractivity contribution >= 4 is 0 Å². The van der Waals surface area contributed by atoms with Crippen molar-refractivity contribution in [2.45, 2.75) is 64.2 Å². The number of benzene rings is 2. The highest BCUT2D eigenvalue weighted by molar-refractivity contribution is 5.64. The molecule has 0 aliphatic heterocycles. The smallest absolute Gasteiger partial charge is 0.129 e. The fraction of sp³-hybridized carbons (Fsp3) is 0.481. The molecule has 0 bridgehead atoms. The Morgan fingerprint density at radius 2 is 1.28 bits per heavy atom. The predicted octanol–water partition coefficient (Wildman–Crippen LogP) is 8.21. The van der Waals surface area contributed by atoms with E-state index in [1.807, 2.05) is 12.1 Å². The van der Waals surface area contributed by atoms with Crippen molar-refractivity contribution in [1.82, 2.24) is 0 Å². The minimum Gasteiger partial charge on any atom is -0.207 e. The van der Waals surface area contributed by atoms with E-state index in [4.69, 9.17) is 0 Å². The van der Waals surface area contributed by atoms with E-state index in [9.17, 15) is 8.78 Å². The Hall–Kier alpha value is -1.96. The molecule has 0 aromatic heterocycles. The lowest BCUT2D eigenvalue weighted by molar-refractivity contribution is 0.171. The molecule has 4 rings (SSSR count). The van der Waals surface area contributed by atoms with Gasteiger partial charge in [0.2, 0.25) is 0 Å². The van der Waals surface area contributed by atoms with Gasteiger partial charge in [-0.3, -0.25) is 0 Å². The average molecular weight is 395 g/mol. The van der Waals surface area contributed by atoms with Crippen molar-refractivity contribution in [3.05, 3.63) is 71.8 Å². The molecule has 0 N–H and O–H groups in total. The van der Waals surface area contributed by atoms with Crippen molar-refractivity contribution < 1.29 is 8.78 Å². The molecule has 2 aliphatic carbocycles. The summed E-state index contributed by atoms with van der Waals surface area (Å²) in [6.07, 6.45) is 12.8. The van der Waals surface area contributed by atoms with E-state index < -0.39 is 11.6 Å². The van der Waals surface area contributed by atoms with Gasteiger partial charge in [0.25, 0.3) is 0 Å². The van der Waals surface area contributed by atoms with E-state index in [1.165, 1.54) is 76.0 Å². The van der Waals surface area contributed by atoms with Crippen molar-refractivity contribution in [2.75, 3.05) is 0 Å². The maximum absolute atomic E-state index is 13.9. The van der Waals surface area contributed by atoms with Gasteiger partial charge in [0, 0.05) is 5.56 Å². The summed E-state index contributed by atoms with van der Waals surface area (Å²) >= 11 is 0. The number of rotatable bonds is 4. The molecule has 0 spiro atoms. The van der Waals surface area contributed by atoms with E-state index in [-0.39, 0.29) is 5.56 Å². The first-order valence-electron chi connectivity index (χ1n) is 11.2. The van der Waals surface area contributed by atoms with Gasteiger partial charge in [-0.15, -0.1) is 6.58 Å². The zero-order chi connectivity index (χ0) is 20.4. The van der Waals surface area contributed by atoms with Crippen LogP contribution >= 0.6 is 0 Å². The summed E-state index contributed by atoms with van der Waals surface area (Å²) in [6.45, 7) is 5.44. The molecule has 2 aliphatic rings. The zero-order valence-corrected chi connectivity index (χ0v) is 17.5. The molecule has 0 amide bonds. The molecule has 0 radical (unpaired) electrons. The standard InChI is InChI=1S/C27H32F2/c1-3-19-4-6-20(7-5-19)21-8-10-22(11-9-21)23-12-14-24(15-13-23)25-16-26(28)18(2)27(29)17-25/h3,12-17,19-22H,1,4-11H2,2H3. The highest BCUT2D eigenvalue weighted by Gasteiger charge is 2.30. The van der Waals surface area contributed by atoms with Gasteiger partial charge in [-0.05, 0) is 111 Å². The first-order chi connectivity index (χ1) is 14.0. The lowest BCUT2D eigenvalue weighted by Gasteiger charge is -2.37. The Morgan fingerprint density at radius 3 is 1.79 bits per heavy atom. The Kier molecular flexibility index (Phi) is 6.18. The third-order valence-corrected chi connectivity index (χ3v) is 7.58. The normalized spacial score (nSPS) is 27.6. The molecule has 2 saturated carbocycles. The summed E-state index contributed by atoms with van der Waals surface area (Å²) in [7, 11) is 0. The fourth-order valence-electron chi connectivity index (χ4n) is 5.54. The Bertz CT molecular complexity index is 812. The van der Waals surface area contributed by atoms with Crippen molar-refractivity contribution in [2.24, 2.45) is 17.8 Å². The first kappa shape index (κ1) is 20.3. The quantitative estimate of drug-likeness (QED) is 0.458. The second-order valence-electron chi connectivity index (χ2n) is 9.21. The van der Waals surface area contributed by atoms with Crippen molar-refractivity contribution in [3.63, 3.8) is 0 Å². The van der Waals surface area contributed by atoms with E-state index in [2.05, 4.69) is 24.8 Å². The van der Waals surface area contributed by atoms with Crippen LogP contribution in [-0.2, 0) is 0 Å². The molecule has 154 valence electrons. The lowest BCUT2D eigenvalue weighted by atomic mass is 9.68. The van der Waals surface area contributed by atoms with Crippen LogP contribution in [0.2, 0.25) is 0 Å². The van der Waals surface area contributed by atoms with E-state index in [0.717, 1.165) is 23.3 Å². The summed E-state index contributed by atoms with van der Waals surface area (Å²) in [4.78, 5) is 0. The number of hydrogen-bond acceptors (Lipinski definition) is 0. The van der Waals surface area contributed by atoms with Crippen LogP contribution in [-0.4, -0.2) is 0 Å². The molecular formula is C27H32F2. The molecular weight excluding hydrogens is 362 g/mol. The van der Waals surface area contributed by atoms with Crippen molar-refractivity contribution in [3.8, 4) is 11.1 Å². The van der Waals surface area contributed by atoms with E-state index in [1.54, 1.807) is 0 Å². The van der Waals surface area contributed by atoms with Crippen LogP contribution in [0.15, 0.2) is 49.1 Å². The van der Waals surface area contributed by atoms with Gasteiger partial charge >= 0.3 is 0 Å². The minimum atomic E-state index is -0.482. The molecule has 2 aromatic rings. The third-order valence-electron chi connectivity index (χ3n) is 7.58. The molecule has 0 saturated heterocycles. The molecule has 0 unspecified atom stereocenters. The van der Waals surface area contributed by atoms with Gasteiger partial charge in [-0.2, -0.15) is 0 Å². The van der Waals surface area contributed by atoms with Crippen molar-refractivity contribution in [1.29, 1.82) is 0 Å². The fourth-order valence-corrected chi connectivity index (χ4v) is 5.54. The van der Waals surface area contributed by atoms with Gasteiger partial charge < -0.3 is 0 Å². The topological polar surface area (TPSA) is 0 Å². The number of halogens is 2. The maximum atomic E-state index is 13.9. The summed E-state index contributed by atoms with van der Waals surface area (Å²) in [6, 6.07) is 11.2. The van der Waals surface area contributed by atoms with Crippen LogP contribution in [0.4, 0.5) is 8.78 Å². The summed E-state index contributed by atoms with van der Waals surface area (Å²) in [5.74, 6) is 2.22. The molecule has 2 fully saturated rings. The predicted molar refractivity (Wildman–Crippen MR) is 117 cm³/mol. The molecule has 0 nitrogen and oxygen atoms in total. The highest BCUT2D eigenvalue weighted by atomic mass is 19.1. The SMILES string of the molecule is C=CC1CCC(C2CCC(c3ccc(-c4cc(F)c(C)c(F)c4)cc3)CC2)CC1. The van der Waals surface area contributed by atoms with Gasteiger partial charge in [0.1, 0.15) is 11.6 Å². The Balaban J connectivity index is 1.36. The summed E-state index contributed by atoms with van der Waals surface area (Å²) in [5.41, 5.74) is 2.94. The summed E-state index contributed by atoms with van der Waals surface area (Å²) < 4.78 is 27.8. The number of hydrogen-bond donors (Lipinski definition) is 0.